The molecule has 0 bridgehead atoms. The third-order valence-corrected chi connectivity index (χ3v) is 2.76. The molecule has 1 rings (SSSR count). The van der Waals surface area contributed by atoms with Crippen LogP contribution in [0, 0.1) is 0 Å². The highest BCUT2D eigenvalue weighted by Crippen LogP contribution is 2.26. The van der Waals surface area contributed by atoms with Gasteiger partial charge in [-0.25, -0.2) is 4.79 Å². The maximum Gasteiger partial charge on any atom is 0.406 e. The summed E-state index contributed by atoms with van der Waals surface area (Å²) >= 11 is 11.5. The van der Waals surface area contributed by atoms with Crippen molar-refractivity contribution in [2.24, 2.45) is 0 Å². The second-order valence-electron chi connectivity index (χ2n) is 3.81. The minimum atomic E-state index is -4.56. The molecule has 0 unspecified atom stereocenters. The first-order valence-corrected chi connectivity index (χ1v) is 6.17. The van der Waals surface area contributed by atoms with Gasteiger partial charge >= 0.3 is 12.2 Å². The average molecular weight is 331 g/mol. The zero-order valence-electron chi connectivity index (χ0n) is 10.0. The van der Waals surface area contributed by atoms with Crippen LogP contribution >= 0.6 is 23.2 Å². The quantitative estimate of drug-likeness (QED) is 0.889. The number of carbonyl (C=O) groups excluding carboxylic acids is 1. The van der Waals surface area contributed by atoms with Crippen LogP contribution in [-0.4, -0.2) is 41.9 Å². The molecule has 2 amide bonds. The second-order valence-corrected chi connectivity index (χ2v) is 4.66. The average Bonchev–Trinajstić information content (AvgIpc) is 2.31. The van der Waals surface area contributed by atoms with Crippen LogP contribution in [0.25, 0.3) is 0 Å². The van der Waals surface area contributed by atoms with Gasteiger partial charge in [0.1, 0.15) is 6.54 Å². The van der Waals surface area contributed by atoms with E-state index in [0.717, 1.165) is 0 Å². The topological polar surface area (TPSA) is 52.6 Å². The van der Waals surface area contributed by atoms with Crippen LogP contribution in [0.1, 0.15) is 0 Å². The summed E-state index contributed by atoms with van der Waals surface area (Å²) in [5.74, 6) is 0. The third-order valence-electron chi connectivity index (χ3n) is 2.20. The number of carbonyl (C=O) groups is 1. The fourth-order valence-corrected chi connectivity index (χ4v) is 1.71. The summed E-state index contributed by atoms with van der Waals surface area (Å²) in [6, 6.07) is 3.16. The Morgan fingerprint density at radius 1 is 1.35 bits per heavy atom. The summed E-state index contributed by atoms with van der Waals surface area (Å²) in [4.78, 5) is 12.2. The smallest absolute Gasteiger partial charge is 0.395 e. The number of aliphatic hydroxyl groups excluding tert-OH is 1. The number of hydrogen-bond acceptors (Lipinski definition) is 2. The Kier molecular flexibility index (Phi) is 5.91. The van der Waals surface area contributed by atoms with Gasteiger partial charge in [0.15, 0.2) is 0 Å². The van der Waals surface area contributed by atoms with E-state index in [1.807, 2.05) is 0 Å². The summed E-state index contributed by atoms with van der Waals surface area (Å²) in [5.41, 5.74) is 0.0919. The number of amides is 2. The van der Waals surface area contributed by atoms with Crippen molar-refractivity contribution >= 4 is 34.9 Å². The zero-order chi connectivity index (χ0) is 15.3. The zero-order valence-corrected chi connectivity index (χ0v) is 11.6. The van der Waals surface area contributed by atoms with E-state index in [1.54, 1.807) is 0 Å². The maximum atomic E-state index is 12.3. The molecule has 0 atom stereocenters. The van der Waals surface area contributed by atoms with Gasteiger partial charge in [-0.15, -0.1) is 0 Å². The fraction of sp³-hybridized carbons (Fsp3) is 0.364. The van der Waals surface area contributed by atoms with Crippen molar-refractivity contribution in [3.05, 3.63) is 28.2 Å². The van der Waals surface area contributed by atoms with Crippen molar-refractivity contribution in [1.82, 2.24) is 4.90 Å². The second kappa shape index (κ2) is 7.01. The van der Waals surface area contributed by atoms with Gasteiger partial charge in [0.2, 0.25) is 0 Å². The van der Waals surface area contributed by atoms with Gasteiger partial charge in [0.25, 0.3) is 0 Å². The minimum absolute atomic E-state index is 0.0919. The molecule has 1 aromatic rings. The first-order valence-electron chi connectivity index (χ1n) is 5.41. The molecule has 2 N–H and O–H groups in total. The molecule has 0 saturated carbocycles. The van der Waals surface area contributed by atoms with E-state index in [2.05, 4.69) is 5.32 Å². The molecule has 0 fully saturated rings. The van der Waals surface area contributed by atoms with E-state index < -0.39 is 31.9 Å². The van der Waals surface area contributed by atoms with Crippen molar-refractivity contribution < 1.29 is 23.1 Å². The molecule has 0 heterocycles. The van der Waals surface area contributed by atoms with Gasteiger partial charge in [-0.3, -0.25) is 0 Å². The molecular weight excluding hydrogens is 320 g/mol. The van der Waals surface area contributed by atoms with Gasteiger partial charge in [-0.05, 0) is 18.2 Å². The van der Waals surface area contributed by atoms with E-state index in [-0.39, 0.29) is 15.7 Å². The predicted molar refractivity (Wildman–Crippen MR) is 70.2 cm³/mol. The molecule has 0 aliphatic carbocycles. The first kappa shape index (κ1) is 16.9. The monoisotopic (exact) mass is 330 g/mol. The summed E-state index contributed by atoms with van der Waals surface area (Å²) in [6.07, 6.45) is -4.56. The maximum absolute atomic E-state index is 12.3. The van der Waals surface area contributed by atoms with Gasteiger partial charge in [-0.1, -0.05) is 23.2 Å². The SMILES string of the molecule is O=C(Nc1cc(Cl)ccc1Cl)N(CCO)CC(F)(F)F. The molecule has 1 aromatic carbocycles. The van der Waals surface area contributed by atoms with Crippen LogP contribution in [0.4, 0.5) is 23.7 Å². The number of alkyl halides is 3. The Hall–Kier alpha value is -1.18. The van der Waals surface area contributed by atoms with E-state index in [9.17, 15) is 18.0 Å². The Balaban J connectivity index is 2.82. The lowest BCUT2D eigenvalue weighted by atomic mass is 10.3. The van der Waals surface area contributed by atoms with E-state index in [4.69, 9.17) is 28.3 Å². The first-order chi connectivity index (χ1) is 9.23. The Labute approximate surface area is 123 Å². The molecule has 0 radical (unpaired) electrons. The molecule has 0 aliphatic rings. The Morgan fingerprint density at radius 2 is 2.00 bits per heavy atom. The summed E-state index contributed by atoms with van der Waals surface area (Å²) in [5, 5.41) is 11.3. The largest absolute Gasteiger partial charge is 0.406 e. The number of anilines is 1. The molecule has 0 aromatic heterocycles. The number of halogens is 5. The summed E-state index contributed by atoms with van der Waals surface area (Å²) < 4.78 is 37.0. The standard InChI is InChI=1S/C11H11Cl2F3N2O2/c12-7-1-2-8(13)9(5-7)17-10(20)18(3-4-19)6-11(14,15)16/h1-2,5,19H,3-4,6H2,(H,17,20). The molecule has 20 heavy (non-hydrogen) atoms. The highest BCUT2D eigenvalue weighted by atomic mass is 35.5. The number of benzene rings is 1. The van der Waals surface area contributed by atoms with Crippen LogP contribution < -0.4 is 5.32 Å². The summed E-state index contributed by atoms with van der Waals surface area (Å²) in [7, 11) is 0. The van der Waals surface area contributed by atoms with Crippen molar-refractivity contribution in [1.29, 1.82) is 0 Å². The highest BCUT2D eigenvalue weighted by Gasteiger charge is 2.33. The van der Waals surface area contributed by atoms with Crippen LogP contribution in [0.15, 0.2) is 18.2 Å². The van der Waals surface area contributed by atoms with E-state index >= 15 is 0 Å². The molecule has 0 saturated heterocycles. The predicted octanol–water partition coefficient (Wildman–Crippen LogP) is 3.38. The number of urea groups is 1. The molecule has 112 valence electrons. The number of nitrogens with zero attached hydrogens (tertiary/aromatic N) is 1. The van der Waals surface area contributed by atoms with Crippen LogP contribution in [0.3, 0.4) is 0 Å². The number of nitrogens with one attached hydrogen (secondary N) is 1. The van der Waals surface area contributed by atoms with E-state index in [0.29, 0.717) is 4.90 Å². The molecule has 4 nitrogen and oxygen atoms in total. The van der Waals surface area contributed by atoms with Crippen molar-refractivity contribution in [3.8, 4) is 0 Å². The van der Waals surface area contributed by atoms with Crippen LogP contribution in [-0.2, 0) is 0 Å². The Morgan fingerprint density at radius 3 is 2.55 bits per heavy atom. The van der Waals surface area contributed by atoms with Crippen LogP contribution in [0.2, 0.25) is 10.0 Å². The molecule has 9 heteroatoms. The fourth-order valence-electron chi connectivity index (χ4n) is 1.38. The lowest BCUT2D eigenvalue weighted by molar-refractivity contribution is -0.140. The molecule has 0 spiro atoms. The number of rotatable bonds is 4. The van der Waals surface area contributed by atoms with Crippen LogP contribution in [0.5, 0.6) is 0 Å². The highest BCUT2D eigenvalue weighted by molar-refractivity contribution is 6.35. The summed E-state index contributed by atoms with van der Waals surface area (Å²) in [6.45, 7) is -2.52. The van der Waals surface area contributed by atoms with Crippen molar-refractivity contribution in [2.45, 2.75) is 6.18 Å². The minimum Gasteiger partial charge on any atom is -0.395 e. The van der Waals surface area contributed by atoms with Gasteiger partial charge in [0.05, 0.1) is 17.3 Å². The number of aliphatic hydroxyl groups is 1. The van der Waals surface area contributed by atoms with Gasteiger partial charge < -0.3 is 15.3 Å². The van der Waals surface area contributed by atoms with E-state index in [1.165, 1.54) is 18.2 Å². The Bertz CT molecular complexity index is 483. The normalized spacial score (nSPS) is 11.3. The molecule has 0 aliphatic heterocycles. The van der Waals surface area contributed by atoms with Crippen molar-refractivity contribution in [2.75, 3.05) is 25.0 Å². The van der Waals surface area contributed by atoms with Crippen molar-refractivity contribution in [3.63, 3.8) is 0 Å². The number of hydrogen-bond donors (Lipinski definition) is 2. The lowest BCUT2D eigenvalue weighted by Gasteiger charge is -2.23. The third kappa shape index (κ3) is 5.44. The molecular formula is C11H11Cl2F3N2O2. The van der Waals surface area contributed by atoms with Gasteiger partial charge in [-0.2, -0.15) is 13.2 Å². The van der Waals surface area contributed by atoms with Gasteiger partial charge in [0, 0.05) is 11.6 Å². The lowest BCUT2D eigenvalue weighted by Crippen LogP contribution is -2.43.